The maximum Gasteiger partial charge on any atom is 0.372 e. The summed E-state index contributed by atoms with van der Waals surface area (Å²) in [6.45, 7) is 1.78. The van der Waals surface area contributed by atoms with Gasteiger partial charge in [-0.2, -0.15) is 0 Å². The van der Waals surface area contributed by atoms with Gasteiger partial charge in [-0.25, -0.2) is 22.9 Å². The minimum atomic E-state index is -1.03. The molecule has 0 fully saturated rings. The lowest BCUT2D eigenvalue weighted by molar-refractivity contribution is 0.0727. The molecule has 3 rings (SSSR count). The van der Waals surface area contributed by atoms with Gasteiger partial charge >= 0.3 is 5.97 Å². The summed E-state index contributed by atoms with van der Waals surface area (Å²) in [7, 11) is 0. The number of carbonyl (C=O) groups is 1. The molecule has 0 amide bonds. The summed E-state index contributed by atoms with van der Waals surface area (Å²) in [5, 5.41) is 0.122. The Morgan fingerprint density at radius 1 is 1.00 bits per heavy atom. The number of nitrogens with zero attached hydrogens (tertiary/aromatic N) is 1. The number of hydrogen-bond donors (Lipinski definition) is 0. The van der Waals surface area contributed by atoms with Gasteiger partial charge in [-0.15, -0.1) is 11.3 Å². The maximum absolute atomic E-state index is 14.1. The lowest BCUT2D eigenvalue weighted by Gasteiger charge is -2.07. The van der Waals surface area contributed by atoms with Crippen molar-refractivity contribution in [2.45, 2.75) is 6.92 Å². The van der Waals surface area contributed by atoms with Crippen LogP contribution in [0.2, 0.25) is 0 Å². The van der Waals surface area contributed by atoms with Gasteiger partial charge in [0.25, 0.3) is 0 Å². The number of carbonyl (C=O) groups excluding carboxylic acids is 1. The molecule has 3 nitrogen and oxygen atoms in total. The highest BCUT2D eigenvalue weighted by molar-refractivity contribution is 7.13. The Hall–Kier alpha value is -2.67. The van der Waals surface area contributed by atoms with E-state index < -0.39 is 23.4 Å². The van der Waals surface area contributed by atoms with Crippen LogP contribution >= 0.6 is 11.3 Å². The highest BCUT2D eigenvalue weighted by Crippen LogP contribution is 2.27. The van der Waals surface area contributed by atoms with Crippen LogP contribution in [-0.2, 0) is 0 Å². The Kier molecular flexibility index (Phi) is 4.35. The summed E-state index contributed by atoms with van der Waals surface area (Å²) >= 11 is 1.14. The standard InChI is InChI=1S/C17H10F3NO2S/c1-9-8-21-16(24-9)17(22)23-15-5-3-11(7-14(15)20)10-2-4-12(18)13(19)6-10/h2-8H,1H3. The third-order valence-corrected chi connectivity index (χ3v) is 4.08. The third kappa shape index (κ3) is 3.30. The predicted octanol–water partition coefficient (Wildman–Crippen LogP) is 4.76. The first-order chi connectivity index (χ1) is 11.4. The smallest absolute Gasteiger partial charge is 0.372 e. The van der Waals surface area contributed by atoms with Crippen LogP contribution < -0.4 is 4.74 Å². The summed E-state index contributed by atoms with van der Waals surface area (Å²) in [6.07, 6.45) is 1.52. The number of aryl methyl sites for hydroxylation is 1. The Morgan fingerprint density at radius 3 is 2.25 bits per heavy atom. The molecule has 0 saturated heterocycles. The summed E-state index contributed by atoms with van der Waals surface area (Å²) in [5.74, 6) is -3.82. The van der Waals surface area contributed by atoms with Gasteiger partial charge < -0.3 is 4.74 Å². The number of aromatic nitrogens is 1. The van der Waals surface area contributed by atoms with Crippen molar-refractivity contribution in [1.82, 2.24) is 4.98 Å². The van der Waals surface area contributed by atoms with Crippen LogP contribution in [0.3, 0.4) is 0 Å². The third-order valence-electron chi connectivity index (χ3n) is 3.18. The molecule has 7 heteroatoms. The van der Waals surface area contributed by atoms with E-state index in [9.17, 15) is 18.0 Å². The zero-order valence-electron chi connectivity index (χ0n) is 12.3. The van der Waals surface area contributed by atoms with E-state index in [1.54, 1.807) is 6.92 Å². The SMILES string of the molecule is Cc1cnc(C(=O)Oc2ccc(-c3ccc(F)c(F)c3)cc2F)s1. The predicted molar refractivity (Wildman–Crippen MR) is 83.6 cm³/mol. The molecule has 2 aromatic carbocycles. The molecule has 0 spiro atoms. The van der Waals surface area contributed by atoms with Crippen LogP contribution in [0.5, 0.6) is 5.75 Å². The molecular weight excluding hydrogens is 339 g/mol. The number of ether oxygens (including phenoxy) is 1. The van der Waals surface area contributed by atoms with E-state index in [0.717, 1.165) is 34.4 Å². The summed E-state index contributed by atoms with van der Waals surface area (Å²) in [5.41, 5.74) is 0.637. The van der Waals surface area contributed by atoms with Gasteiger partial charge in [0.1, 0.15) is 0 Å². The lowest BCUT2D eigenvalue weighted by Crippen LogP contribution is -2.09. The first-order valence-electron chi connectivity index (χ1n) is 6.83. The second kappa shape index (κ2) is 6.45. The maximum atomic E-state index is 14.1. The Balaban J connectivity index is 1.84. The number of esters is 1. The molecule has 0 unspecified atom stereocenters. The molecule has 1 aromatic heterocycles. The monoisotopic (exact) mass is 349 g/mol. The first-order valence-corrected chi connectivity index (χ1v) is 7.65. The number of hydrogen-bond acceptors (Lipinski definition) is 4. The van der Waals surface area contributed by atoms with Crippen molar-refractivity contribution in [3.05, 3.63) is 69.9 Å². The minimum Gasteiger partial charge on any atom is -0.418 e. The molecule has 0 aliphatic carbocycles. The van der Waals surface area contributed by atoms with Crippen molar-refractivity contribution in [3.63, 3.8) is 0 Å². The van der Waals surface area contributed by atoms with Gasteiger partial charge in [-0.3, -0.25) is 0 Å². The van der Waals surface area contributed by atoms with Crippen molar-refractivity contribution in [2.24, 2.45) is 0 Å². The quantitative estimate of drug-likeness (QED) is 0.506. The van der Waals surface area contributed by atoms with Gasteiger partial charge in [0.15, 0.2) is 23.2 Å². The number of benzene rings is 2. The van der Waals surface area contributed by atoms with E-state index in [4.69, 9.17) is 4.74 Å². The van der Waals surface area contributed by atoms with E-state index >= 15 is 0 Å². The van der Waals surface area contributed by atoms with Crippen molar-refractivity contribution in [2.75, 3.05) is 0 Å². The zero-order valence-corrected chi connectivity index (χ0v) is 13.2. The molecule has 0 saturated carbocycles. The fourth-order valence-corrected chi connectivity index (χ4v) is 2.67. The van der Waals surface area contributed by atoms with Crippen molar-refractivity contribution >= 4 is 17.3 Å². The van der Waals surface area contributed by atoms with E-state index in [1.807, 2.05) is 0 Å². The molecule has 122 valence electrons. The van der Waals surface area contributed by atoms with E-state index in [-0.39, 0.29) is 10.8 Å². The summed E-state index contributed by atoms with van der Waals surface area (Å²) in [4.78, 5) is 16.6. The molecule has 3 aromatic rings. The Bertz CT molecular complexity index is 924. The molecule has 1 heterocycles. The van der Waals surface area contributed by atoms with Crippen molar-refractivity contribution in [3.8, 4) is 16.9 Å². The molecule has 0 atom stereocenters. The number of thiazole rings is 1. The van der Waals surface area contributed by atoms with Crippen molar-refractivity contribution < 1.29 is 22.7 Å². The van der Waals surface area contributed by atoms with E-state index in [2.05, 4.69) is 4.98 Å². The summed E-state index contributed by atoms with van der Waals surface area (Å²) < 4.78 is 45.3. The minimum absolute atomic E-state index is 0.122. The molecule has 0 N–H and O–H groups in total. The fraction of sp³-hybridized carbons (Fsp3) is 0.0588. The van der Waals surface area contributed by atoms with Gasteiger partial charge in [-0.05, 0) is 42.3 Å². The molecule has 24 heavy (non-hydrogen) atoms. The van der Waals surface area contributed by atoms with Gasteiger partial charge in [-0.1, -0.05) is 12.1 Å². The number of rotatable bonds is 3. The second-order valence-electron chi connectivity index (χ2n) is 4.94. The van der Waals surface area contributed by atoms with Gasteiger partial charge in [0.05, 0.1) is 0 Å². The molecule has 0 aliphatic rings. The van der Waals surface area contributed by atoms with E-state index in [1.165, 1.54) is 24.4 Å². The van der Waals surface area contributed by atoms with E-state index in [0.29, 0.717) is 11.1 Å². The normalized spacial score (nSPS) is 10.7. The topological polar surface area (TPSA) is 39.2 Å². The molecule has 0 radical (unpaired) electrons. The highest BCUT2D eigenvalue weighted by Gasteiger charge is 2.16. The molecule has 0 aliphatic heterocycles. The largest absolute Gasteiger partial charge is 0.418 e. The van der Waals surface area contributed by atoms with Crippen LogP contribution in [0.25, 0.3) is 11.1 Å². The van der Waals surface area contributed by atoms with Crippen LogP contribution in [-0.4, -0.2) is 11.0 Å². The van der Waals surface area contributed by atoms with Crippen LogP contribution in [0.1, 0.15) is 14.7 Å². The highest BCUT2D eigenvalue weighted by atomic mass is 32.1. The summed E-state index contributed by atoms with van der Waals surface area (Å²) in [6, 6.07) is 7.05. The average Bonchev–Trinajstić information content (AvgIpc) is 2.98. The van der Waals surface area contributed by atoms with Crippen LogP contribution in [0.4, 0.5) is 13.2 Å². The zero-order chi connectivity index (χ0) is 17.3. The first kappa shape index (κ1) is 16.2. The van der Waals surface area contributed by atoms with Gasteiger partial charge in [0.2, 0.25) is 5.01 Å². The lowest BCUT2D eigenvalue weighted by atomic mass is 10.1. The van der Waals surface area contributed by atoms with Crippen molar-refractivity contribution in [1.29, 1.82) is 0 Å². The molecule has 0 bridgehead atoms. The molecular formula is C17H10F3NO2S. The second-order valence-corrected chi connectivity index (χ2v) is 6.17. The Labute approximate surface area is 139 Å². The fourth-order valence-electron chi connectivity index (χ4n) is 2.03. The number of halogens is 3. The van der Waals surface area contributed by atoms with Crippen LogP contribution in [0, 0.1) is 24.4 Å². The average molecular weight is 349 g/mol. The Morgan fingerprint density at radius 2 is 1.67 bits per heavy atom. The van der Waals surface area contributed by atoms with Gasteiger partial charge in [0, 0.05) is 11.1 Å². The van der Waals surface area contributed by atoms with Crippen LogP contribution in [0.15, 0.2) is 42.6 Å².